The lowest BCUT2D eigenvalue weighted by Gasteiger charge is -2.24. The van der Waals surface area contributed by atoms with Crippen LogP contribution in [0, 0.1) is 17.1 Å². The molecular formula is C21H17FN4O2. The summed E-state index contributed by atoms with van der Waals surface area (Å²) in [5.74, 6) is -0.134. The Hall–Kier alpha value is -3.79. The van der Waals surface area contributed by atoms with Gasteiger partial charge in [-0.05, 0) is 36.2 Å². The van der Waals surface area contributed by atoms with Gasteiger partial charge in [-0.1, -0.05) is 31.2 Å². The van der Waals surface area contributed by atoms with E-state index >= 15 is 0 Å². The maximum atomic E-state index is 14.4. The van der Waals surface area contributed by atoms with E-state index < -0.39 is 11.7 Å². The molecule has 0 saturated carbocycles. The molecular weight excluding hydrogens is 359 g/mol. The van der Waals surface area contributed by atoms with Crippen molar-refractivity contribution in [1.82, 2.24) is 10.2 Å². The molecule has 140 valence electrons. The zero-order valence-electron chi connectivity index (χ0n) is 15.1. The summed E-state index contributed by atoms with van der Waals surface area (Å²) in [6.07, 6.45) is 0.662. The number of aromatic amines is 1. The Morgan fingerprint density at radius 3 is 2.79 bits per heavy atom. The topological polar surface area (TPSA) is 97.0 Å². The van der Waals surface area contributed by atoms with Crippen LogP contribution in [0.15, 0.2) is 60.0 Å². The second kappa shape index (κ2) is 7.08. The molecule has 6 nitrogen and oxygen atoms in total. The second-order valence-electron chi connectivity index (χ2n) is 6.30. The molecule has 2 aromatic carbocycles. The SMILES string of the molecule is CCc1[nH]nc2c1[C@@H](c1ccc(F)c(Oc3ccccc3)c1)C(C#N)=C(N)O2. The number of aryl methyl sites for hydroxylation is 1. The van der Waals surface area contributed by atoms with E-state index in [1.807, 2.05) is 13.0 Å². The molecule has 1 aromatic heterocycles. The largest absolute Gasteiger partial charge is 0.454 e. The van der Waals surface area contributed by atoms with Gasteiger partial charge in [0.25, 0.3) is 0 Å². The minimum Gasteiger partial charge on any atom is -0.454 e. The lowest BCUT2D eigenvalue weighted by atomic mass is 9.83. The number of nitrogens with two attached hydrogens (primary N) is 1. The minimum absolute atomic E-state index is 0.0102. The summed E-state index contributed by atoms with van der Waals surface area (Å²) in [5.41, 5.74) is 8.42. The van der Waals surface area contributed by atoms with Crippen molar-refractivity contribution in [2.45, 2.75) is 19.3 Å². The molecule has 4 rings (SSSR count). The third kappa shape index (κ3) is 2.95. The van der Waals surface area contributed by atoms with E-state index in [1.54, 1.807) is 36.4 Å². The lowest BCUT2D eigenvalue weighted by molar-refractivity contribution is 0.378. The van der Waals surface area contributed by atoms with Gasteiger partial charge in [-0.3, -0.25) is 5.10 Å². The van der Waals surface area contributed by atoms with Gasteiger partial charge >= 0.3 is 0 Å². The van der Waals surface area contributed by atoms with Crippen LogP contribution in [0.1, 0.15) is 29.7 Å². The molecule has 1 aliphatic heterocycles. The van der Waals surface area contributed by atoms with Crippen LogP contribution in [0.2, 0.25) is 0 Å². The summed E-state index contributed by atoms with van der Waals surface area (Å²) in [7, 11) is 0. The number of nitriles is 1. The zero-order valence-corrected chi connectivity index (χ0v) is 15.1. The Kier molecular flexibility index (Phi) is 4.45. The monoisotopic (exact) mass is 376 g/mol. The molecule has 0 spiro atoms. The highest BCUT2D eigenvalue weighted by Gasteiger charge is 2.35. The number of hydrogen-bond donors (Lipinski definition) is 2. The molecule has 3 N–H and O–H groups in total. The number of fused-ring (bicyclic) bond motifs is 1. The number of hydrogen-bond acceptors (Lipinski definition) is 5. The molecule has 0 aliphatic carbocycles. The van der Waals surface area contributed by atoms with Crippen LogP contribution in [0.25, 0.3) is 0 Å². The van der Waals surface area contributed by atoms with E-state index in [4.69, 9.17) is 15.2 Å². The van der Waals surface area contributed by atoms with Crippen molar-refractivity contribution in [3.05, 3.63) is 82.6 Å². The first-order chi connectivity index (χ1) is 13.6. The van der Waals surface area contributed by atoms with Crippen molar-refractivity contribution >= 4 is 0 Å². The van der Waals surface area contributed by atoms with Gasteiger partial charge in [0.05, 0.1) is 5.92 Å². The second-order valence-corrected chi connectivity index (χ2v) is 6.30. The molecule has 0 unspecified atom stereocenters. The predicted molar refractivity (Wildman–Crippen MR) is 100 cm³/mol. The average Bonchev–Trinajstić information content (AvgIpc) is 3.12. The number of allylic oxidation sites excluding steroid dienone is 1. The Balaban J connectivity index is 1.83. The van der Waals surface area contributed by atoms with E-state index in [2.05, 4.69) is 16.3 Å². The van der Waals surface area contributed by atoms with Crippen molar-refractivity contribution in [3.8, 4) is 23.4 Å². The highest BCUT2D eigenvalue weighted by Crippen LogP contribution is 2.44. The van der Waals surface area contributed by atoms with Gasteiger partial charge < -0.3 is 15.2 Å². The molecule has 0 saturated heterocycles. The summed E-state index contributed by atoms with van der Waals surface area (Å²) in [6, 6.07) is 15.6. The van der Waals surface area contributed by atoms with Crippen LogP contribution in [0.5, 0.6) is 17.4 Å². The quantitative estimate of drug-likeness (QED) is 0.714. The van der Waals surface area contributed by atoms with Gasteiger partial charge in [-0.2, -0.15) is 5.26 Å². The highest BCUT2D eigenvalue weighted by molar-refractivity contribution is 5.56. The number of benzene rings is 2. The fourth-order valence-corrected chi connectivity index (χ4v) is 3.30. The van der Waals surface area contributed by atoms with Crippen LogP contribution in [-0.4, -0.2) is 10.2 Å². The molecule has 1 atom stereocenters. The third-order valence-corrected chi connectivity index (χ3v) is 4.63. The first kappa shape index (κ1) is 17.6. The van der Waals surface area contributed by atoms with Crippen LogP contribution in [0.4, 0.5) is 4.39 Å². The number of ether oxygens (including phenoxy) is 2. The van der Waals surface area contributed by atoms with Gasteiger partial charge in [-0.15, -0.1) is 5.10 Å². The van der Waals surface area contributed by atoms with Crippen LogP contribution < -0.4 is 15.2 Å². The molecule has 0 bridgehead atoms. The van der Waals surface area contributed by atoms with Crippen molar-refractivity contribution in [1.29, 1.82) is 5.26 Å². The Morgan fingerprint density at radius 1 is 1.29 bits per heavy atom. The van der Waals surface area contributed by atoms with Gasteiger partial charge in [0.2, 0.25) is 11.8 Å². The number of rotatable bonds is 4. The van der Waals surface area contributed by atoms with Crippen LogP contribution in [0.3, 0.4) is 0 Å². The highest BCUT2D eigenvalue weighted by atomic mass is 19.1. The zero-order chi connectivity index (χ0) is 19.7. The maximum Gasteiger partial charge on any atom is 0.244 e. The Bertz CT molecular complexity index is 1100. The number of halogens is 1. The number of H-pyrrole nitrogens is 1. The number of nitrogens with one attached hydrogen (secondary N) is 1. The van der Waals surface area contributed by atoms with E-state index in [0.717, 1.165) is 11.3 Å². The Morgan fingerprint density at radius 2 is 2.07 bits per heavy atom. The van der Waals surface area contributed by atoms with Crippen molar-refractivity contribution < 1.29 is 13.9 Å². The molecule has 0 fully saturated rings. The van der Waals surface area contributed by atoms with Gasteiger partial charge in [0.15, 0.2) is 11.6 Å². The number of para-hydroxylation sites is 1. The molecule has 3 aromatic rings. The van der Waals surface area contributed by atoms with E-state index in [0.29, 0.717) is 23.6 Å². The summed E-state index contributed by atoms with van der Waals surface area (Å²) >= 11 is 0. The van der Waals surface area contributed by atoms with Crippen LogP contribution >= 0.6 is 0 Å². The summed E-state index contributed by atoms with van der Waals surface area (Å²) in [5, 5.41) is 16.8. The van der Waals surface area contributed by atoms with E-state index in [-0.39, 0.29) is 17.2 Å². The third-order valence-electron chi connectivity index (χ3n) is 4.63. The predicted octanol–water partition coefficient (Wildman–Crippen LogP) is 4.12. The number of nitrogens with zero attached hydrogens (tertiary/aromatic N) is 2. The maximum absolute atomic E-state index is 14.4. The van der Waals surface area contributed by atoms with Gasteiger partial charge in [0, 0.05) is 11.3 Å². The smallest absolute Gasteiger partial charge is 0.244 e. The first-order valence-electron chi connectivity index (χ1n) is 8.79. The fraction of sp³-hybridized carbons (Fsp3) is 0.143. The standard InChI is InChI=1S/C21H17FN4O2/c1-2-16-19-18(14(11-23)20(24)28-21(19)26-25-16)12-8-9-15(22)17(10-12)27-13-6-4-3-5-7-13/h3-10,18H,2,24H2,1H3,(H,25,26)/t18-/m0/s1. The summed E-state index contributed by atoms with van der Waals surface area (Å²) < 4.78 is 25.6. The number of aromatic nitrogens is 2. The van der Waals surface area contributed by atoms with Crippen molar-refractivity contribution in [2.24, 2.45) is 5.73 Å². The molecule has 28 heavy (non-hydrogen) atoms. The molecule has 0 amide bonds. The van der Waals surface area contributed by atoms with E-state index in [1.165, 1.54) is 6.07 Å². The fourth-order valence-electron chi connectivity index (χ4n) is 3.30. The van der Waals surface area contributed by atoms with Gasteiger partial charge in [-0.25, -0.2) is 4.39 Å². The molecule has 7 heteroatoms. The van der Waals surface area contributed by atoms with Crippen LogP contribution in [-0.2, 0) is 6.42 Å². The van der Waals surface area contributed by atoms with E-state index in [9.17, 15) is 9.65 Å². The first-order valence-corrected chi connectivity index (χ1v) is 8.79. The van der Waals surface area contributed by atoms with Gasteiger partial charge in [0.1, 0.15) is 17.4 Å². The summed E-state index contributed by atoms with van der Waals surface area (Å²) in [6.45, 7) is 1.97. The van der Waals surface area contributed by atoms with Crippen molar-refractivity contribution in [3.63, 3.8) is 0 Å². The minimum atomic E-state index is -0.527. The molecule has 0 radical (unpaired) electrons. The molecule has 1 aliphatic rings. The lowest BCUT2D eigenvalue weighted by Crippen LogP contribution is -2.21. The Labute approximate surface area is 161 Å². The molecule has 2 heterocycles. The normalized spacial score (nSPS) is 15.5. The summed E-state index contributed by atoms with van der Waals surface area (Å²) in [4.78, 5) is 0. The van der Waals surface area contributed by atoms with Crippen molar-refractivity contribution in [2.75, 3.05) is 0 Å². The average molecular weight is 376 g/mol.